The SMILES string of the molecule is CCC[C@H](N)C(=O)C(NC(=O)OC(C)(C)c1ccccc1)P(=O)(O)O. The van der Waals surface area contributed by atoms with Gasteiger partial charge >= 0.3 is 13.7 Å². The summed E-state index contributed by atoms with van der Waals surface area (Å²) in [5, 5.41) is 1.97. The fraction of sp³-hybridized carbons (Fsp3) is 0.500. The van der Waals surface area contributed by atoms with Crippen LogP contribution in [0.5, 0.6) is 0 Å². The lowest BCUT2D eigenvalue weighted by Crippen LogP contribution is -2.49. The second-order valence-electron chi connectivity index (χ2n) is 6.20. The van der Waals surface area contributed by atoms with E-state index < -0.39 is 36.9 Å². The van der Waals surface area contributed by atoms with E-state index in [1.165, 1.54) is 0 Å². The molecule has 9 heteroatoms. The van der Waals surface area contributed by atoms with E-state index in [9.17, 15) is 23.9 Å². The van der Waals surface area contributed by atoms with Gasteiger partial charge in [0.1, 0.15) is 5.60 Å². The first-order valence-electron chi connectivity index (χ1n) is 7.88. The van der Waals surface area contributed by atoms with Crippen molar-refractivity contribution in [3.63, 3.8) is 0 Å². The van der Waals surface area contributed by atoms with Crippen LogP contribution in [0.4, 0.5) is 4.79 Å². The van der Waals surface area contributed by atoms with E-state index >= 15 is 0 Å². The largest absolute Gasteiger partial charge is 0.439 e. The van der Waals surface area contributed by atoms with Gasteiger partial charge in [0.15, 0.2) is 11.6 Å². The molecule has 1 aromatic rings. The second kappa shape index (κ2) is 8.58. The van der Waals surface area contributed by atoms with Crippen LogP contribution >= 0.6 is 7.60 Å². The van der Waals surface area contributed by atoms with Crippen LogP contribution in [-0.2, 0) is 19.7 Å². The number of alkyl carbamates (subject to hydrolysis) is 1. The molecule has 0 saturated heterocycles. The number of benzene rings is 1. The van der Waals surface area contributed by atoms with Crippen LogP contribution in [0.1, 0.15) is 39.2 Å². The van der Waals surface area contributed by atoms with Gasteiger partial charge in [-0.3, -0.25) is 9.36 Å². The summed E-state index contributed by atoms with van der Waals surface area (Å²) < 4.78 is 16.9. The summed E-state index contributed by atoms with van der Waals surface area (Å²) >= 11 is 0. The number of nitrogens with one attached hydrogen (secondary N) is 1. The molecule has 8 nitrogen and oxygen atoms in total. The van der Waals surface area contributed by atoms with E-state index in [0.29, 0.717) is 12.0 Å². The van der Waals surface area contributed by atoms with E-state index in [1.54, 1.807) is 51.1 Å². The molecule has 25 heavy (non-hydrogen) atoms. The van der Waals surface area contributed by atoms with Crippen molar-refractivity contribution in [1.82, 2.24) is 5.32 Å². The fourth-order valence-corrected chi connectivity index (χ4v) is 3.04. The fourth-order valence-electron chi connectivity index (χ4n) is 2.25. The number of hydrogen-bond acceptors (Lipinski definition) is 5. The van der Waals surface area contributed by atoms with Gasteiger partial charge in [0.05, 0.1) is 6.04 Å². The Labute approximate surface area is 146 Å². The summed E-state index contributed by atoms with van der Waals surface area (Å²) in [6.07, 6.45) is -0.298. The van der Waals surface area contributed by atoms with Crippen LogP contribution in [0.15, 0.2) is 30.3 Å². The molecule has 0 saturated carbocycles. The van der Waals surface area contributed by atoms with Crippen LogP contribution < -0.4 is 11.1 Å². The zero-order valence-corrected chi connectivity index (χ0v) is 15.4. The third kappa shape index (κ3) is 6.25. The maximum Gasteiger partial charge on any atom is 0.409 e. The summed E-state index contributed by atoms with van der Waals surface area (Å²) in [6.45, 7) is 5.03. The minimum absolute atomic E-state index is 0.252. The molecule has 140 valence electrons. The predicted octanol–water partition coefficient (Wildman–Crippen LogP) is 1.85. The normalized spacial score (nSPS) is 14.5. The van der Waals surface area contributed by atoms with Crippen molar-refractivity contribution >= 4 is 19.5 Å². The Balaban J connectivity index is 2.89. The zero-order valence-electron chi connectivity index (χ0n) is 14.5. The number of hydrogen-bond donors (Lipinski definition) is 4. The maximum atomic E-state index is 12.2. The number of carbonyl (C=O) groups excluding carboxylic acids is 2. The molecular formula is C16H25N2O6P. The van der Waals surface area contributed by atoms with Crippen molar-refractivity contribution in [2.24, 2.45) is 5.73 Å². The number of ether oxygens (including phenoxy) is 1. The van der Waals surface area contributed by atoms with Crippen LogP contribution in [0.2, 0.25) is 0 Å². The summed E-state index contributed by atoms with van der Waals surface area (Å²) in [5.41, 5.74) is 5.27. The molecule has 0 radical (unpaired) electrons. The van der Waals surface area contributed by atoms with Crippen molar-refractivity contribution in [3.05, 3.63) is 35.9 Å². The Bertz CT molecular complexity index is 643. The number of ketones is 1. The van der Waals surface area contributed by atoms with Crippen LogP contribution in [0.25, 0.3) is 0 Å². The average Bonchev–Trinajstić information content (AvgIpc) is 2.51. The van der Waals surface area contributed by atoms with Gasteiger partial charge in [-0.05, 0) is 25.8 Å². The lowest BCUT2D eigenvalue weighted by Gasteiger charge is -2.28. The molecule has 0 bridgehead atoms. The van der Waals surface area contributed by atoms with E-state index in [2.05, 4.69) is 0 Å². The van der Waals surface area contributed by atoms with Crippen molar-refractivity contribution < 1.29 is 28.7 Å². The Morgan fingerprint density at radius 3 is 2.32 bits per heavy atom. The van der Waals surface area contributed by atoms with Crippen molar-refractivity contribution in [1.29, 1.82) is 0 Å². The maximum absolute atomic E-state index is 12.2. The first-order chi connectivity index (χ1) is 11.5. The van der Waals surface area contributed by atoms with Crippen molar-refractivity contribution in [2.45, 2.75) is 51.0 Å². The lowest BCUT2D eigenvalue weighted by atomic mass is 9.98. The molecule has 0 aliphatic rings. The molecule has 2 atom stereocenters. The Morgan fingerprint density at radius 1 is 1.28 bits per heavy atom. The number of carbonyl (C=O) groups is 2. The standard InChI is InChI=1S/C16H25N2O6P/c1-4-8-12(17)13(19)14(25(21,22)23)18-15(20)24-16(2,3)11-9-6-5-7-10-11/h5-7,9-10,12,14H,4,8,17H2,1-3H3,(H,18,20)(H2,21,22,23)/t12-,14?/m0/s1. The number of nitrogens with two attached hydrogens (primary N) is 1. The van der Waals surface area contributed by atoms with Gasteiger partial charge in [-0.2, -0.15) is 0 Å². The minimum atomic E-state index is -4.94. The molecule has 0 heterocycles. The smallest absolute Gasteiger partial charge is 0.409 e. The second-order valence-corrected chi connectivity index (χ2v) is 7.89. The zero-order chi connectivity index (χ0) is 19.3. The first kappa shape index (κ1) is 21.3. The quantitative estimate of drug-likeness (QED) is 0.511. The number of amides is 1. The molecule has 0 aromatic heterocycles. The molecular weight excluding hydrogens is 347 g/mol. The minimum Gasteiger partial charge on any atom is -0.439 e. The van der Waals surface area contributed by atoms with E-state index in [1.807, 2.05) is 5.32 Å². The van der Waals surface area contributed by atoms with Gasteiger partial charge in [0.25, 0.3) is 0 Å². The molecule has 1 rings (SSSR count). The Morgan fingerprint density at radius 2 is 1.84 bits per heavy atom. The molecule has 1 aromatic carbocycles. The van der Waals surface area contributed by atoms with Crippen molar-refractivity contribution in [3.8, 4) is 0 Å². The molecule has 0 fully saturated rings. The van der Waals surface area contributed by atoms with Crippen LogP contribution in [-0.4, -0.2) is 33.5 Å². The highest BCUT2D eigenvalue weighted by Gasteiger charge is 2.40. The Kier molecular flexibility index (Phi) is 7.31. The highest BCUT2D eigenvalue weighted by atomic mass is 31.2. The topological polar surface area (TPSA) is 139 Å². The van der Waals surface area contributed by atoms with E-state index in [4.69, 9.17) is 10.5 Å². The molecule has 0 aliphatic heterocycles. The van der Waals surface area contributed by atoms with Crippen molar-refractivity contribution in [2.75, 3.05) is 0 Å². The van der Waals surface area contributed by atoms with Gasteiger partial charge in [-0.1, -0.05) is 43.7 Å². The first-order valence-corrected chi connectivity index (χ1v) is 9.56. The van der Waals surface area contributed by atoms with Gasteiger partial charge in [0, 0.05) is 0 Å². The molecule has 1 amide bonds. The third-order valence-electron chi connectivity index (χ3n) is 3.64. The lowest BCUT2D eigenvalue weighted by molar-refractivity contribution is -0.121. The van der Waals surface area contributed by atoms with Gasteiger partial charge in [-0.15, -0.1) is 0 Å². The summed E-state index contributed by atoms with van der Waals surface area (Å²) in [4.78, 5) is 43.1. The molecule has 1 unspecified atom stereocenters. The third-order valence-corrected chi connectivity index (χ3v) is 4.70. The number of Topliss-reactive ketones (excluding diaryl/α,β-unsaturated/α-hetero) is 1. The highest BCUT2D eigenvalue weighted by molar-refractivity contribution is 7.53. The molecule has 5 N–H and O–H groups in total. The average molecular weight is 372 g/mol. The van der Waals surface area contributed by atoms with Gasteiger partial charge < -0.3 is 25.6 Å². The summed E-state index contributed by atoms with van der Waals surface area (Å²) in [5.74, 6) is -2.96. The van der Waals surface area contributed by atoms with Gasteiger partial charge in [0.2, 0.25) is 0 Å². The molecule has 0 spiro atoms. The summed E-state index contributed by atoms with van der Waals surface area (Å²) in [6, 6.07) is 7.75. The Hall–Kier alpha value is -1.73. The van der Waals surface area contributed by atoms with Crippen LogP contribution in [0, 0.1) is 0 Å². The molecule has 0 aliphatic carbocycles. The predicted molar refractivity (Wildman–Crippen MR) is 92.8 cm³/mol. The monoisotopic (exact) mass is 372 g/mol. The highest BCUT2D eigenvalue weighted by Crippen LogP contribution is 2.41. The van der Waals surface area contributed by atoms with E-state index in [-0.39, 0.29) is 6.42 Å². The van der Waals surface area contributed by atoms with Crippen LogP contribution in [0.3, 0.4) is 0 Å². The van der Waals surface area contributed by atoms with Gasteiger partial charge in [-0.25, -0.2) is 4.79 Å². The number of rotatable bonds is 8. The van der Waals surface area contributed by atoms with E-state index in [0.717, 1.165) is 0 Å². The summed E-state index contributed by atoms with van der Waals surface area (Å²) in [7, 11) is -4.94.